The maximum absolute atomic E-state index is 11.7. The Labute approximate surface area is 93.3 Å². The minimum Gasteiger partial charge on any atom is -0.314 e. The summed E-state index contributed by atoms with van der Waals surface area (Å²) >= 11 is 0. The molecule has 0 aliphatic carbocycles. The predicted octanol–water partition coefficient (Wildman–Crippen LogP) is -1.30. The fourth-order valence-corrected chi connectivity index (χ4v) is 1.42. The molecular weight excluding hydrogens is 208 g/mol. The molecule has 0 aromatic carbocycles. The number of carbonyl (C=O) groups excluding carboxylic acids is 1. The van der Waals surface area contributed by atoms with Crippen molar-refractivity contribution in [2.45, 2.75) is 6.04 Å². The number of hydrazine groups is 1. The quantitative estimate of drug-likeness (QED) is 0.305. The first-order chi connectivity index (χ1) is 7.79. The van der Waals surface area contributed by atoms with Crippen molar-refractivity contribution in [3.63, 3.8) is 0 Å². The lowest BCUT2D eigenvalue weighted by Crippen LogP contribution is -2.56. The van der Waals surface area contributed by atoms with Crippen LogP contribution >= 0.6 is 0 Å². The number of hydrogen-bond donors (Lipinski definition) is 5. The van der Waals surface area contributed by atoms with Gasteiger partial charge in [0.05, 0.1) is 6.54 Å². The summed E-state index contributed by atoms with van der Waals surface area (Å²) in [5, 5.41) is 12.9. The fourth-order valence-electron chi connectivity index (χ4n) is 1.42. The van der Waals surface area contributed by atoms with E-state index in [4.69, 9.17) is 0 Å². The van der Waals surface area contributed by atoms with Gasteiger partial charge in [0, 0.05) is 32.2 Å². The number of rotatable bonds is 6. The van der Waals surface area contributed by atoms with Crippen molar-refractivity contribution in [1.29, 1.82) is 0 Å². The molecule has 16 heavy (non-hydrogen) atoms. The molecule has 7 nitrogen and oxygen atoms in total. The Bertz CT molecular complexity index is 359. The molecule has 0 unspecified atom stereocenters. The van der Waals surface area contributed by atoms with Crippen LogP contribution in [-0.2, 0) is 0 Å². The second kappa shape index (κ2) is 5.06. The summed E-state index contributed by atoms with van der Waals surface area (Å²) in [6.07, 6.45) is 0. The van der Waals surface area contributed by atoms with Gasteiger partial charge < -0.3 is 16.1 Å². The Hall–Kier alpha value is -1.44. The number of H-pyrrole nitrogens is 1. The molecule has 0 spiro atoms. The summed E-state index contributed by atoms with van der Waals surface area (Å²) < 4.78 is 0. The number of anilines is 1. The van der Waals surface area contributed by atoms with Gasteiger partial charge in [0.15, 0.2) is 11.6 Å². The maximum Gasteiger partial charge on any atom is 0.194 e. The van der Waals surface area contributed by atoms with E-state index in [0.717, 1.165) is 13.1 Å². The van der Waals surface area contributed by atoms with Crippen LogP contribution < -0.4 is 21.5 Å². The molecule has 1 aromatic rings. The molecule has 7 heteroatoms. The Morgan fingerprint density at radius 3 is 3.06 bits per heavy atom. The van der Waals surface area contributed by atoms with E-state index >= 15 is 0 Å². The van der Waals surface area contributed by atoms with E-state index in [0.29, 0.717) is 24.1 Å². The Balaban J connectivity index is 1.82. The highest BCUT2D eigenvalue weighted by Crippen LogP contribution is 2.04. The van der Waals surface area contributed by atoms with E-state index in [2.05, 4.69) is 31.7 Å². The number of nitrogens with one attached hydrogen (secondary N) is 5. The Morgan fingerprint density at radius 1 is 1.62 bits per heavy atom. The first-order valence-corrected chi connectivity index (χ1v) is 5.25. The minimum atomic E-state index is 0.0172. The van der Waals surface area contributed by atoms with Crippen LogP contribution in [0.1, 0.15) is 10.5 Å². The van der Waals surface area contributed by atoms with Crippen LogP contribution in [0.3, 0.4) is 0 Å². The zero-order valence-corrected chi connectivity index (χ0v) is 9.13. The SMILES string of the molecule is CNNc1cc(C(=O)CNC2CNC2)[nH]n1. The average molecular weight is 224 g/mol. The van der Waals surface area contributed by atoms with E-state index in [9.17, 15) is 4.79 Å². The lowest BCUT2D eigenvalue weighted by molar-refractivity contribution is 0.0979. The maximum atomic E-state index is 11.7. The highest BCUT2D eigenvalue weighted by Gasteiger charge is 2.17. The second-order valence-corrected chi connectivity index (χ2v) is 3.70. The summed E-state index contributed by atoms with van der Waals surface area (Å²) in [7, 11) is 1.74. The number of aromatic nitrogens is 2. The summed E-state index contributed by atoms with van der Waals surface area (Å²) in [6, 6.07) is 2.10. The van der Waals surface area contributed by atoms with Crippen LogP contribution in [-0.4, -0.2) is 48.7 Å². The van der Waals surface area contributed by atoms with Gasteiger partial charge in [-0.1, -0.05) is 0 Å². The largest absolute Gasteiger partial charge is 0.314 e. The molecule has 0 saturated carbocycles. The molecule has 0 atom stereocenters. The zero-order valence-electron chi connectivity index (χ0n) is 9.13. The van der Waals surface area contributed by atoms with Crippen LogP contribution in [0.5, 0.6) is 0 Å². The van der Waals surface area contributed by atoms with E-state index in [1.165, 1.54) is 0 Å². The van der Waals surface area contributed by atoms with Crippen molar-refractivity contribution in [2.24, 2.45) is 0 Å². The summed E-state index contributed by atoms with van der Waals surface area (Å²) in [5.41, 5.74) is 6.04. The Kier molecular flexibility index (Phi) is 3.50. The highest BCUT2D eigenvalue weighted by molar-refractivity contribution is 5.96. The van der Waals surface area contributed by atoms with Crippen LogP contribution in [0.25, 0.3) is 0 Å². The third kappa shape index (κ3) is 2.57. The van der Waals surface area contributed by atoms with Gasteiger partial charge in [-0.15, -0.1) is 0 Å². The topological polar surface area (TPSA) is 93.9 Å². The van der Waals surface area contributed by atoms with Crippen molar-refractivity contribution in [2.75, 3.05) is 32.1 Å². The molecule has 1 aliphatic heterocycles. The molecule has 1 aliphatic rings. The number of aromatic amines is 1. The van der Waals surface area contributed by atoms with Gasteiger partial charge in [0.2, 0.25) is 0 Å². The molecule has 2 rings (SSSR count). The van der Waals surface area contributed by atoms with Gasteiger partial charge in [0.25, 0.3) is 0 Å². The average Bonchev–Trinajstić information content (AvgIpc) is 2.64. The number of ketones is 1. The van der Waals surface area contributed by atoms with Gasteiger partial charge in [-0.05, 0) is 0 Å². The molecule has 1 aromatic heterocycles. The number of Topliss-reactive ketones (excluding diaryl/α,β-unsaturated/α-hetero) is 1. The van der Waals surface area contributed by atoms with E-state index in [1.807, 2.05) is 0 Å². The molecule has 0 amide bonds. The third-order valence-corrected chi connectivity index (χ3v) is 2.46. The number of carbonyl (C=O) groups is 1. The molecular formula is C9H16N6O. The normalized spacial score (nSPS) is 15.8. The van der Waals surface area contributed by atoms with Gasteiger partial charge in [-0.2, -0.15) is 5.10 Å². The third-order valence-electron chi connectivity index (χ3n) is 2.46. The first kappa shape index (κ1) is 11.1. The molecule has 1 saturated heterocycles. The van der Waals surface area contributed by atoms with Crippen LogP contribution in [0.15, 0.2) is 6.07 Å². The fraction of sp³-hybridized carbons (Fsp3) is 0.556. The van der Waals surface area contributed by atoms with Gasteiger partial charge >= 0.3 is 0 Å². The predicted molar refractivity (Wildman–Crippen MR) is 60.3 cm³/mol. The minimum absolute atomic E-state index is 0.0172. The summed E-state index contributed by atoms with van der Waals surface area (Å²) in [5.74, 6) is 0.625. The number of nitrogens with zero attached hydrogens (tertiary/aromatic N) is 1. The molecule has 88 valence electrons. The molecule has 5 N–H and O–H groups in total. The molecule has 2 heterocycles. The van der Waals surface area contributed by atoms with Crippen molar-refractivity contribution in [3.05, 3.63) is 11.8 Å². The number of hydrogen-bond acceptors (Lipinski definition) is 6. The smallest absolute Gasteiger partial charge is 0.194 e. The van der Waals surface area contributed by atoms with E-state index < -0.39 is 0 Å². The molecule has 0 radical (unpaired) electrons. The van der Waals surface area contributed by atoms with E-state index in [-0.39, 0.29) is 5.78 Å². The lowest BCUT2D eigenvalue weighted by atomic mass is 10.1. The van der Waals surface area contributed by atoms with Gasteiger partial charge in [-0.25, -0.2) is 5.43 Å². The van der Waals surface area contributed by atoms with Crippen molar-refractivity contribution in [3.8, 4) is 0 Å². The van der Waals surface area contributed by atoms with Crippen molar-refractivity contribution >= 4 is 11.6 Å². The Morgan fingerprint density at radius 2 is 2.44 bits per heavy atom. The van der Waals surface area contributed by atoms with E-state index in [1.54, 1.807) is 13.1 Å². The second-order valence-electron chi connectivity index (χ2n) is 3.70. The monoisotopic (exact) mass is 224 g/mol. The summed E-state index contributed by atoms with van der Waals surface area (Å²) in [4.78, 5) is 11.7. The van der Waals surface area contributed by atoms with Gasteiger partial charge in [0.1, 0.15) is 5.69 Å². The standard InChI is InChI=1S/C9H16N6O/c1-10-14-9-2-7(13-15-9)8(16)5-12-6-3-11-4-6/h2,6,10-12H,3-5H2,1H3,(H2,13,14,15). The molecule has 1 fully saturated rings. The first-order valence-electron chi connectivity index (χ1n) is 5.25. The van der Waals surface area contributed by atoms with Gasteiger partial charge in [-0.3, -0.25) is 9.89 Å². The summed E-state index contributed by atoms with van der Waals surface area (Å²) in [6.45, 7) is 2.21. The van der Waals surface area contributed by atoms with Crippen molar-refractivity contribution in [1.82, 2.24) is 26.3 Å². The van der Waals surface area contributed by atoms with Crippen LogP contribution in [0.4, 0.5) is 5.82 Å². The zero-order chi connectivity index (χ0) is 11.4. The lowest BCUT2D eigenvalue weighted by Gasteiger charge is -2.27. The van der Waals surface area contributed by atoms with Crippen LogP contribution in [0, 0.1) is 0 Å². The highest BCUT2D eigenvalue weighted by atomic mass is 16.1. The molecule has 0 bridgehead atoms. The van der Waals surface area contributed by atoms with Crippen LogP contribution in [0.2, 0.25) is 0 Å². The van der Waals surface area contributed by atoms with Crippen molar-refractivity contribution < 1.29 is 4.79 Å².